The minimum absolute atomic E-state index is 0.324. The fourth-order valence-corrected chi connectivity index (χ4v) is 4.55. The smallest absolute Gasteiger partial charge is 0.235 e. The Hall–Kier alpha value is -0.580. The van der Waals surface area contributed by atoms with Crippen molar-refractivity contribution >= 4 is 0 Å². The summed E-state index contributed by atoms with van der Waals surface area (Å²) in [4.78, 5) is 11.7. The Morgan fingerprint density at radius 1 is 1.21 bits per heavy atom. The van der Waals surface area contributed by atoms with Gasteiger partial charge in [0.25, 0.3) is 0 Å². The van der Waals surface area contributed by atoms with Crippen LogP contribution in [-0.4, -0.2) is 17.7 Å². The highest BCUT2D eigenvalue weighted by molar-refractivity contribution is 5.19. The molecule has 4 heteroatoms. The summed E-state index contributed by atoms with van der Waals surface area (Å²) < 4.78 is 12.0. The van der Waals surface area contributed by atoms with Gasteiger partial charge in [-0.25, -0.2) is 9.78 Å². The summed E-state index contributed by atoms with van der Waals surface area (Å²) >= 11 is 0. The zero-order valence-electron chi connectivity index (χ0n) is 11.8. The monoisotopic (exact) mass is 266 g/mol. The van der Waals surface area contributed by atoms with E-state index in [4.69, 9.17) is 19.2 Å². The summed E-state index contributed by atoms with van der Waals surface area (Å²) in [7, 11) is 0. The molecule has 1 aliphatic carbocycles. The minimum atomic E-state index is -0.656. The first-order valence-corrected chi connectivity index (χ1v) is 7.42. The predicted molar refractivity (Wildman–Crippen MR) is 67.6 cm³/mol. The number of rotatable bonds is 0. The van der Waals surface area contributed by atoms with Crippen molar-refractivity contribution < 1.29 is 19.2 Å². The van der Waals surface area contributed by atoms with Gasteiger partial charge in [0, 0.05) is 18.3 Å². The third kappa shape index (κ3) is 1.45. The first-order chi connectivity index (χ1) is 9.05. The third-order valence-corrected chi connectivity index (χ3v) is 5.65. The fourth-order valence-electron chi connectivity index (χ4n) is 4.55. The van der Waals surface area contributed by atoms with E-state index in [1.165, 1.54) is 12.0 Å². The largest absolute Gasteiger partial charge is 0.469 e. The molecule has 1 saturated carbocycles. The zero-order chi connectivity index (χ0) is 13.3. The van der Waals surface area contributed by atoms with Crippen LogP contribution >= 0.6 is 0 Å². The van der Waals surface area contributed by atoms with E-state index < -0.39 is 11.4 Å². The SMILES string of the molecule is CC1=COC2O[C@]3(C)CCC4C(C)CCC1C24OO3. The fraction of sp³-hybridized carbons (Fsp3) is 0.867. The van der Waals surface area contributed by atoms with Crippen LogP contribution in [0.5, 0.6) is 0 Å². The molecule has 0 N–H and O–H groups in total. The average Bonchev–Trinajstić information content (AvgIpc) is 2.61. The van der Waals surface area contributed by atoms with Crippen molar-refractivity contribution in [3.8, 4) is 0 Å². The van der Waals surface area contributed by atoms with Crippen LogP contribution in [0.15, 0.2) is 11.8 Å². The molecule has 0 amide bonds. The lowest BCUT2D eigenvalue weighted by molar-refractivity contribution is -0.555. The van der Waals surface area contributed by atoms with E-state index in [0.29, 0.717) is 17.8 Å². The summed E-state index contributed by atoms with van der Waals surface area (Å²) in [6.07, 6.45) is 5.87. The van der Waals surface area contributed by atoms with E-state index in [1.54, 1.807) is 0 Å². The van der Waals surface area contributed by atoms with Gasteiger partial charge in [-0.2, -0.15) is 0 Å². The van der Waals surface area contributed by atoms with Crippen LogP contribution in [-0.2, 0) is 19.2 Å². The molecule has 0 aromatic rings. The van der Waals surface area contributed by atoms with Gasteiger partial charge in [-0.3, -0.25) is 0 Å². The highest BCUT2D eigenvalue weighted by Gasteiger charge is 2.67. The Balaban J connectivity index is 1.85. The minimum Gasteiger partial charge on any atom is -0.469 e. The molecule has 5 aliphatic rings. The highest BCUT2D eigenvalue weighted by Crippen LogP contribution is 2.59. The average molecular weight is 266 g/mol. The quantitative estimate of drug-likeness (QED) is 0.631. The van der Waals surface area contributed by atoms with E-state index >= 15 is 0 Å². The van der Waals surface area contributed by atoms with Crippen molar-refractivity contribution in [1.29, 1.82) is 0 Å². The van der Waals surface area contributed by atoms with Gasteiger partial charge in [0.1, 0.15) is 0 Å². The molecule has 0 aromatic carbocycles. The van der Waals surface area contributed by atoms with Crippen LogP contribution in [0, 0.1) is 17.8 Å². The maximum absolute atomic E-state index is 6.11. The van der Waals surface area contributed by atoms with Crippen molar-refractivity contribution in [1.82, 2.24) is 0 Å². The Morgan fingerprint density at radius 2 is 2.05 bits per heavy atom. The molecule has 106 valence electrons. The number of hydrogen-bond acceptors (Lipinski definition) is 4. The van der Waals surface area contributed by atoms with E-state index in [1.807, 2.05) is 13.2 Å². The Labute approximate surface area is 114 Å². The van der Waals surface area contributed by atoms with Crippen molar-refractivity contribution in [3.63, 3.8) is 0 Å². The molecule has 2 bridgehead atoms. The lowest BCUT2D eigenvalue weighted by atomic mass is 9.60. The summed E-state index contributed by atoms with van der Waals surface area (Å²) in [5, 5.41) is 0. The number of hydrogen-bond donors (Lipinski definition) is 0. The maximum Gasteiger partial charge on any atom is 0.235 e. The van der Waals surface area contributed by atoms with Gasteiger partial charge in [-0.05, 0) is 44.6 Å². The lowest BCUT2D eigenvalue weighted by Crippen LogP contribution is -2.66. The van der Waals surface area contributed by atoms with Gasteiger partial charge in [-0.1, -0.05) is 6.92 Å². The summed E-state index contributed by atoms with van der Waals surface area (Å²) in [5.74, 6) is 0.775. The second-order valence-corrected chi connectivity index (χ2v) is 6.85. The van der Waals surface area contributed by atoms with Crippen molar-refractivity contribution in [3.05, 3.63) is 11.8 Å². The van der Waals surface area contributed by atoms with Crippen molar-refractivity contribution in [2.45, 2.75) is 64.1 Å². The van der Waals surface area contributed by atoms with Gasteiger partial charge < -0.3 is 9.47 Å². The van der Waals surface area contributed by atoms with E-state index in [9.17, 15) is 0 Å². The van der Waals surface area contributed by atoms with Gasteiger partial charge in [0.15, 0.2) is 5.60 Å². The van der Waals surface area contributed by atoms with Crippen LogP contribution in [0.25, 0.3) is 0 Å². The van der Waals surface area contributed by atoms with Crippen LogP contribution in [0.1, 0.15) is 46.5 Å². The van der Waals surface area contributed by atoms with Crippen molar-refractivity contribution in [2.75, 3.05) is 0 Å². The van der Waals surface area contributed by atoms with Crippen LogP contribution in [0.4, 0.5) is 0 Å². The standard InChI is InChI=1S/C15H22O4/c1-9-4-5-11-10(2)8-16-13-15(11)12(9)6-7-14(3,17-13)18-19-15/h8-9,11-13H,4-7H2,1-3H3/t9?,11?,12?,13?,14-,15?/m0/s1. The highest BCUT2D eigenvalue weighted by atomic mass is 17.3. The maximum atomic E-state index is 6.11. The van der Waals surface area contributed by atoms with E-state index in [2.05, 4.69) is 13.8 Å². The lowest BCUT2D eigenvalue weighted by Gasteiger charge is -2.56. The molecule has 1 spiro atoms. The molecule has 3 saturated heterocycles. The van der Waals surface area contributed by atoms with Gasteiger partial charge in [0.05, 0.1) is 6.26 Å². The molecule has 4 fully saturated rings. The zero-order valence-corrected chi connectivity index (χ0v) is 11.8. The van der Waals surface area contributed by atoms with E-state index in [-0.39, 0.29) is 6.29 Å². The number of ether oxygens (including phenoxy) is 2. The molecule has 0 aromatic heterocycles. The molecule has 6 atom stereocenters. The Morgan fingerprint density at radius 3 is 2.89 bits per heavy atom. The molecular weight excluding hydrogens is 244 g/mol. The molecule has 19 heavy (non-hydrogen) atoms. The van der Waals surface area contributed by atoms with Crippen LogP contribution in [0.2, 0.25) is 0 Å². The molecule has 5 unspecified atom stereocenters. The second kappa shape index (κ2) is 3.74. The topological polar surface area (TPSA) is 36.9 Å². The van der Waals surface area contributed by atoms with Gasteiger partial charge in [0.2, 0.25) is 12.1 Å². The van der Waals surface area contributed by atoms with Gasteiger partial charge in [-0.15, -0.1) is 0 Å². The molecule has 0 radical (unpaired) electrons. The molecular formula is C15H22O4. The van der Waals surface area contributed by atoms with Gasteiger partial charge >= 0.3 is 0 Å². The predicted octanol–water partition coefficient (Wildman–Crippen LogP) is 3.14. The normalized spacial score (nSPS) is 55.8. The van der Waals surface area contributed by atoms with Crippen LogP contribution < -0.4 is 0 Å². The first-order valence-electron chi connectivity index (χ1n) is 7.42. The molecule has 4 nitrogen and oxygen atoms in total. The number of fused-ring (bicyclic) bond motifs is 2. The van der Waals surface area contributed by atoms with Crippen molar-refractivity contribution in [2.24, 2.45) is 17.8 Å². The summed E-state index contributed by atoms with van der Waals surface area (Å²) in [5.41, 5.74) is 0.817. The first kappa shape index (κ1) is 12.2. The summed E-state index contributed by atoms with van der Waals surface area (Å²) in [6, 6.07) is 0. The third-order valence-electron chi connectivity index (χ3n) is 5.65. The van der Waals surface area contributed by atoms with E-state index in [0.717, 1.165) is 19.3 Å². The molecule has 4 aliphatic heterocycles. The molecule has 5 rings (SSSR count). The second-order valence-electron chi connectivity index (χ2n) is 6.85. The Bertz CT molecular complexity index is 434. The molecule has 4 heterocycles. The summed E-state index contributed by atoms with van der Waals surface area (Å²) in [6.45, 7) is 6.40. The Kier molecular flexibility index (Phi) is 2.40. The van der Waals surface area contributed by atoms with Crippen LogP contribution in [0.3, 0.4) is 0 Å².